The highest BCUT2D eigenvalue weighted by molar-refractivity contribution is 6.39. The molecule has 1 amide bonds. The summed E-state index contributed by atoms with van der Waals surface area (Å²) in [6.45, 7) is 8.40. The zero-order chi connectivity index (χ0) is 24.7. The lowest BCUT2D eigenvalue weighted by Crippen LogP contribution is -2.61. The molecule has 2 N–H and O–H groups in total. The van der Waals surface area contributed by atoms with Crippen LogP contribution in [0.25, 0.3) is 0 Å². The maximum absolute atomic E-state index is 13.3. The third-order valence-electron chi connectivity index (χ3n) is 7.98. The quantitative estimate of drug-likeness (QED) is 0.402. The molecule has 0 saturated carbocycles. The minimum Gasteiger partial charge on any atom is -0.460 e. The number of aliphatic hydroxyl groups is 2. The van der Waals surface area contributed by atoms with Gasteiger partial charge in [0.15, 0.2) is 0 Å². The maximum atomic E-state index is 13.3. The molecule has 2 bridgehead atoms. The Labute approximate surface area is 194 Å². The first-order valence-corrected chi connectivity index (χ1v) is 12.1. The monoisotopic (exact) mass is 467 g/mol. The van der Waals surface area contributed by atoms with Gasteiger partial charge in [-0.25, -0.2) is 4.79 Å². The molecular formula is C24H37NO8. The number of fused-ring (bicyclic) bond motifs is 3. The van der Waals surface area contributed by atoms with Crippen LogP contribution in [0.5, 0.6) is 0 Å². The number of piperidine rings is 1. The molecule has 0 aliphatic carbocycles. The second kappa shape index (κ2) is 9.80. The Kier molecular flexibility index (Phi) is 7.65. The predicted octanol–water partition coefficient (Wildman–Crippen LogP) is 1.22. The summed E-state index contributed by atoms with van der Waals surface area (Å²) in [4.78, 5) is 53.7. The van der Waals surface area contributed by atoms with E-state index in [0.29, 0.717) is 32.1 Å². The van der Waals surface area contributed by atoms with Crippen molar-refractivity contribution < 1.29 is 38.9 Å². The van der Waals surface area contributed by atoms with E-state index in [1.54, 1.807) is 34.6 Å². The van der Waals surface area contributed by atoms with Crippen molar-refractivity contribution in [3.63, 3.8) is 0 Å². The van der Waals surface area contributed by atoms with Crippen molar-refractivity contribution in [2.75, 3.05) is 6.54 Å². The zero-order valence-corrected chi connectivity index (χ0v) is 20.2. The SMILES string of the molecule is C[C@H]1[C@@H](O)[C@@H](C)C(=O)[C@H](C)[C@@H](C)OC(=O)[C@@H]2CCCCN2C(=O)C(=O)[C@]2(O)O[C@H]1CC[C@H]2C. The normalized spacial score (nSPS) is 43.9. The molecule has 0 spiro atoms. The Morgan fingerprint density at radius 3 is 2.27 bits per heavy atom. The molecule has 9 heteroatoms. The first kappa shape index (κ1) is 25.8. The molecule has 0 aromatic carbocycles. The van der Waals surface area contributed by atoms with Crippen LogP contribution in [0.15, 0.2) is 0 Å². The van der Waals surface area contributed by atoms with Crippen LogP contribution in [-0.4, -0.2) is 75.2 Å². The maximum Gasteiger partial charge on any atom is 0.329 e. The van der Waals surface area contributed by atoms with E-state index in [9.17, 15) is 29.4 Å². The van der Waals surface area contributed by atoms with Crippen LogP contribution in [-0.2, 0) is 28.7 Å². The molecule has 0 aromatic heterocycles. The number of carbonyl (C=O) groups is 4. The Bertz CT molecular complexity index is 799. The smallest absolute Gasteiger partial charge is 0.329 e. The fourth-order valence-corrected chi connectivity index (χ4v) is 5.22. The summed E-state index contributed by atoms with van der Waals surface area (Å²) in [6.07, 6.45) is -0.103. The second-order valence-corrected chi connectivity index (χ2v) is 10.1. The summed E-state index contributed by atoms with van der Waals surface area (Å²) in [5.41, 5.74) is 0. The topological polar surface area (TPSA) is 130 Å². The van der Waals surface area contributed by atoms with Crippen molar-refractivity contribution in [2.45, 2.75) is 96.9 Å². The first-order chi connectivity index (χ1) is 15.4. The van der Waals surface area contributed by atoms with Crippen molar-refractivity contribution in [3.05, 3.63) is 0 Å². The molecule has 0 unspecified atom stereocenters. The minimum absolute atomic E-state index is 0.188. The van der Waals surface area contributed by atoms with Crippen molar-refractivity contribution in [1.29, 1.82) is 0 Å². The number of amides is 1. The third-order valence-corrected chi connectivity index (χ3v) is 7.98. The minimum atomic E-state index is -2.37. The Balaban J connectivity index is 2.03. The van der Waals surface area contributed by atoms with Gasteiger partial charge >= 0.3 is 5.97 Å². The van der Waals surface area contributed by atoms with Crippen molar-refractivity contribution >= 4 is 23.4 Å². The van der Waals surface area contributed by atoms with Gasteiger partial charge in [-0.2, -0.15) is 0 Å². The number of ether oxygens (including phenoxy) is 2. The van der Waals surface area contributed by atoms with Gasteiger partial charge in [0.25, 0.3) is 11.7 Å². The lowest BCUT2D eigenvalue weighted by Gasteiger charge is -2.44. The Morgan fingerprint density at radius 2 is 1.61 bits per heavy atom. The molecule has 33 heavy (non-hydrogen) atoms. The summed E-state index contributed by atoms with van der Waals surface area (Å²) in [7, 11) is 0. The Morgan fingerprint density at radius 1 is 0.939 bits per heavy atom. The molecule has 3 fully saturated rings. The molecule has 3 saturated heterocycles. The molecular weight excluding hydrogens is 430 g/mol. The van der Waals surface area contributed by atoms with E-state index in [-0.39, 0.29) is 12.3 Å². The average Bonchev–Trinajstić information content (AvgIpc) is 2.81. The van der Waals surface area contributed by atoms with Gasteiger partial charge in [0.2, 0.25) is 5.79 Å². The number of carbonyl (C=O) groups excluding carboxylic acids is 4. The van der Waals surface area contributed by atoms with Crippen molar-refractivity contribution in [3.8, 4) is 0 Å². The van der Waals surface area contributed by atoms with Gasteiger partial charge in [0.1, 0.15) is 17.9 Å². The molecule has 3 aliphatic rings. The zero-order valence-electron chi connectivity index (χ0n) is 20.2. The number of rotatable bonds is 0. The fraction of sp³-hybridized carbons (Fsp3) is 0.833. The lowest BCUT2D eigenvalue weighted by atomic mass is 9.78. The van der Waals surface area contributed by atoms with Crippen molar-refractivity contribution in [2.24, 2.45) is 23.7 Å². The van der Waals surface area contributed by atoms with E-state index < -0.39 is 71.5 Å². The molecule has 186 valence electrons. The number of aliphatic hydroxyl groups excluding tert-OH is 1. The van der Waals surface area contributed by atoms with E-state index >= 15 is 0 Å². The molecule has 0 radical (unpaired) electrons. The van der Waals surface area contributed by atoms with E-state index in [4.69, 9.17) is 9.47 Å². The summed E-state index contributed by atoms with van der Waals surface area (Å²) in [5.74, 6) is -8.06. The molecule has 3 heterocycles. The largest absolute Gasteiger partial charge is 0.460 e. The summed E-state index contributed by atoms with van der Waals surface area (Å²) in [5, 5.41) is 22.2. The molecule has 3 rings (SSSR count). The summed E-state index contributed by atoms with van der Waals surface area (Å²) >= 11 is 0. The number of esters is 1. The standard InChI is InChI=1S/C24H37NO8/c1-12-9-10-18-14(3)20(27)15(4)19(26)13(2)16(5)32-23(30)17-8-6-7-11-25(17)22(29)21(28)24(12,31)33-18/h12-18,20,27,31H,6-11H2,1-5H3/t12-,13-,14-,15+,16-,17+,18+,20-,24-/m1/s1. The van der Waals surface area contributed by atoms with Crippen LogP contribution in [0, 0.1) is 23.7 Å². The van der Waals surface area contributed by atoms with Crippen LogP contribution in [0.4, 0.5) is 0 Å². The highest BCUT2D eigenvalue weighted by Crippen LogP contribution is 2.38. The third kappa shape index (κ3) is 4.72. The summed E-state index contributed by atoms with van der Waals surface area (Å²) in [6, 6.07) is -0.967. The molecule has 0 aromatic rings. The van der Waals surface area contributed by atoms with E-state index in [1.165, 1.54) is 4.90 Å². The first-order valence-electron chi connectivity index (χ1n) is 12.1. The van der Waals surface area contributed by atoms with Crippen LogP contribution >= 0.6 is 0 Å². The van der Waals surface area contributed by atoms with Gasteiger partial charge in [0, 0.05) is 24.3 Å². The van der Waals surface area contributed by atoms with Gasteiger partial charge in [0.05, 0.1) is 18.1 Å². The summed E-state index contributed by atoms with van der Waals surface area (Å²) < 4.78 is 11.4. The number of nitrogens with zero attached hydrogens (tertiary/aromatic N) is 1. The van der Waals surface area contributed by atoms with E-state index in [2.05, 4.69) is 0 Å². The second-order valence-electron chi connectivity index (χ2n) is 10.1. The number of hydrogen-bond donors (Lipinski definition) is 2. The van der Waals surface area contributed by atoms with Crippen LogP contribution in [0.2, 0.25) is 0 Å². The van der Waals surface area contributed by atoms with Gasteiger partial charge < -0.3 is 24.6 Å². The predicted molar refractivity (Wildman–Crippen MR) is 117 cm³/mol. The van der Waals surface area contributed by atoms with E-state index in [0.717, 1.165) is 0 Å². The number of ketones is 2. The molecule has 9 nitrogen and oxygen atoms in total. The fourth-order valence-electron chi connectivity index (χ4n) is 5.22. The molecule has 3 aliphatic heterocycles. The molecule has 9 atom stereocenters. The highest BCUT2D eigenvalue weighted by Gasteiger charge is 2.54. The average molecular weight is 468 g/mol. The number of cyclic esters (lactones) is 1. The van der Waals surface area contributed by atoms with Crippen molar-refractivity contribution in [1.82, 2.24) is 4.90 Å². The van der Waals surface area contributed by atoms with Crippen LogP contribution in [0.1, 0.15) is 66.7 Å². The van der Waals surface area contributed by atoms with Gasteiger partial charge in [-0.1, -0.05) is 27.7 Å². The number of hydrogen-bond acceptors (Lipinski definition) is 8. The Hall–Kier alpha value is -1.84. The van der Waals surface area contributed by atoms with Gasteiger partial charge in [-0.05, 0) is 39.0 Å². The van der Waals surface area contributed by atoms with Crippen LogP contribution in [0.3, 0.4) is 0 Å². The van der Waals surface area contributed by atoms with Crippen LogP contribution < -0.4 is 0 Å². The van der Waals surface area contributed by atoms with E-state index in [1.807, 2.05) is 0 Å². The van der Waals surface area contributed by atoms with Gasteiger partial charge in [-0.15, -0.1) is 0 Å². The highest BCUT2D eigenvalue weighted by atomic mass is 16.6. The number of Topliss-reactive ketones (excluding diaryl/α,β-unsaturated/α-hetero) is 2. The lowest BCUT2D eigenvalue weighted by molar-refractivity contribution is -0.274. The van der Waals surface area contributed by atoms with Gasteiger partial charge in [-0.3, -0.25) is 14.4 Å².